The summed E-state index contributed by atoms with van der Waals surface area (Å²) in [6.07, 6.45) is 4.56. The maximum Gasteiger partial charge on any atom is 0.254 e. The molecule has 6 heteroatoms. The van der Waals surface area contributed by atoms with Gasteiger partial charge in [-0.1, -0.05) is 37.3 Å². The molecule has 1 aromatic carbocycles. The van der Waals surface area contributed by atoms with Crippen LogP contribution < -0.4 is 15.4 Å². The Labute approximate surface area is 172 Å². The number of ether oxygens (including phenoxy) is 1. The minimum atomic E-state index is -0.0834. The first-order valence-electron chi connectivity index (χ1n) is 10.9. The number of benzene rings is 1. The molecule has 0 amide bonds. The molecule has 0 bridgehead atoms. The van der Waals surface area contributed by atoms with Crippen molar-refractivity contribution in [1.82, 2.24) is 9.97 Å². The molecule has 6 nitrogen and oxygen atoms in total. The third kappa shape index (κ3) is 4.99. The van der Waals surface area contributed by atoms with Crippen LogP contribution in [0.5, 0.6) is 0 Å². The van der Waals surface area contributed by atoms with E-state index in [1.54, 1.807) is 6.07 Å². The average Bonchev–Trinajstić information content (AvgIpc) is 2.89. The lowest BCUT2D eigenvalue weighted by molar-refractivity contribution is 0.0529. The minimum Gasteiger partial charge on any atom is -0.375 e. The Morgan fingerprint density at radius 3 is 2.83 bits per heavy atom. The maximum atomic E-state index is 12.5. The Morgan fingerprint density at radius 2 is 2.03 bits per heavy atom. The second-order valence-electron chi connectivity index (χ2n) is 8.57. The van der Waals surface area contributed by atoms with Gasteiger partial charge in [-0.3, -0.25) is 9.78 Å². The molecule has 2 aromatic rings. The van der Waals surface area contributed by atoms with Gasteiger partial charge in [0.15, 0.2) is 0 Å². The van der Waals surface area contributed by atoms with Crippen LogP contribution in [0.4, 0.5) is 11.8 Å². The molecule has 0 saturated carbocycles. The molecule has 2 saturated heterocycles. The summed E-state index contributed by atoms with van der Waals surface area (Å²) in [5, 5.41) is 0. The average molecular weight is 397 g/mol. The highest BCUT2D eigenvalue weighted by Gasteiger charge is 2.27. The lowest BCUT2D eigenvalue weighted by atomic mass is 9.94. The molecule has 29 heavy (non-hydrogen) atoms. The van der Waals surface area contributed by atoms with Crippen LogP contribution in [0.3, 0.4) is 0 Å². The number of aromatic nitrogens is 2. The summed E-state index contributed by atoms with van der Waals surface area (Å²) in [7, 11) is 0. The van der Waals surface area contributed by atoms with Crippen LogP contribution in [0.2, 0.25) is 0 Å². The third-order valence-corrected chi connectivity index (χ3v) is 6.08. The lowest BCUT2D eigenvalue weighted by Gasteiger charge is -2.34. The van der Waals surface area contributed by atoms with E-state index in [0.29, 0.717) is 24.5 Å². The van der Waals surface area contributed by atoms with Gasteiger partial charge in [0.25, 0.3) is 5.56 Å². The fraction of sp³-hybridized carbons (Fsp3) is 0.565. The van der Waals surface area contributed by atoms with Gasteiger partial charge in [0.1, 0.15) is 5.82 Å². The molecular weight excluding hydrogens is 364 g/mol. The number of morpholine rings is 1. The predicted octanol–water partition coefficient (Wildman–Crippen LogP) is 3.23. The van der Waals surface area contributed by atoms with Crippen molar-refractivity contribution in [3.63, 3.8) is 0 Å². The van der Waals surface area contributed by atoms with E-state index >= 15 is 0 Å². The Hall–Kier alpha value is -2.34. The van der Waals surface area contributed by atoms with E-state index in [2.05, 4.69) is 59.0 Å². The van der Waals surface area contributed by atoms with E-state index in [4.69, 9.17) is 9.72 Å². The predicted molar refractivity (Wildman–Crippen MR) is 117 cm³/mol. The Balaban J connectivity index is 1.63. The van der Waals surface area contributed by atoms with Crippen molar-refractivity contribution < 1.29 is 4.74 Å². The zero-order valence-electron chi connectivity index (χ0n) is 17.5. The number of hydrogen-bond donors (Lipinski definition) is 1. The molecule has 2 aliphatic heterocycles. The van der Waals surface area contributed by atoms with Crippen molar-refractivity contribution in [3.05, 3.63) is 52.3 Å². The van der Waals surface area contributed by atoms with Crippen LogP contribution in [0.15, 0.2) is 41.2 Å². The van der Waals surface area contributed by atoms with Crippen molar-refractivity contribution in [3.8, 4) is 0 Å². The van der Waals surface area contributed by atoms with Gasteiger partial charge in [-0.2, -0.15) is 4.98 Å². The molecule has 0 spiro atoms. The number of anilines is 2. The number of aromatic amines is 1. The molecular formula is C23H32N4O2. The first-order valence-corrected chi connectivity index (χ1v) is 10.9. The quantitative estimate of drug-likeness (QED) is 0.860. The maximum absolute atomic E-state index is 12.5. The van der Waals surface area contributed by atoms with Gasteiger partial charge in [-0.15, -0.1) is 0 Å². The summed E-state index contributed by atoms with van der Waals surface area (Å²) in [6, 6.07) is 12.6. The van der Waals surface area contributed by atoms with Crippen LogP contribution in [0, 0.1) is 5.92 Å². The summed E-state index contributed by atoms with van der Waals surface area (Å²) < 4.78 is 5.65. The van der Waals surface area contributed by atoms with E-state index < -0.39 is 0 Å². The van der Waals surface area contributed by atoms with E-state index in [1.165, 1.54) is 12.0 Å². The summed E-state index contributed by atoms with van der Waals surface area (Å²) in [5.41, 5.74) is 1.25. The molecule has 1 N–H and O–H groups in total. The monoisotopic (exact) mass is 396 g/mol. The topological polar surface area (TPSA) is 61.5 Å². The van der Waals surface area contributed by atoms with E-state index in [9.17, 15) is 4.79 Å². The Morgan fingerprint density at radius 1 is 1.21 bits per heavy atom. The van der Waals surface area contributed by atoms with Gasteiger partial charge in [0.2, 0.25) is 5.95 Å². The molecule has 2 fully saturated rings. The molecule has 0 radical (unpaired) electrons. The van der Waals surface area contributed by atoms with E-state index in [0.717, 1.165) is 44.7 Å². The van der Waals surface area contributed by atoms with E-state index in [1.807, 2.05) is 0 Å². The van der Waals surface area contributed by atoms with Crippen LogP contribution in [-0.4, -0.2) is 48.4 Å². The van der Waals surface area contributed by atoms with Crippen molar-refractivity contribution in [2.24, 2.45) is 5.92 Å². The number of nitrogens with one attached hydrogen (secondary N) is 1. The molecule has 2 aliphatic rings. The fourth-order valence-electron chi connectivity index (χ4n) is 4.62. The molecule has 1 aromatic heterocycles. The lowest BCUT2D eigenvalue weighted by Crippen LogP contribution is -2.43. The Bertz CT molecular complexity index is 853. The second kappa shape index (κ2) is 8.99. The first-order chi connectivity index (χ1) is 14.1. The first kappa shape index (κ1) is 20.0. The standard InChI is InChI=1S/C23H32N4O2/c1-17-7-6-10-27(20(13-17)14-19-8-4-3-5-9-19)23-24-21(15-22(28)25-23)26-11-12-29-18(2)16-26/h3-5,8-9,15,17-18,20H,6-7,10-14,16H2,1-2H3,(H,24,25,28)/t17-,18+,20+/m0/s1. The van der Waals surface area contributed by atoms with Crippen molar-refractivity contribution >= 4 is 11.8 Å². The number of H-pyrrole nitrogens is 1. The summed E-state index contributed by atoms with van der Waals surface area (Å²) in [6.45, 7) is 7.53. The van der Waals surface area contributed by atoms with Gasteiger partial charge in [0.05, 0.1) is 12.7 Å². The highest BCUT2D eigenvalue weighted by atomic mass is 16.5. The molecule has 0 unspecified atom stereocenters. The van der Waals surface area contributed by atoms with Gasteiger partial charge in [-0.25, -0.2) is 0 Å². The molecule has 3 heterocycles. The number of nitrogens with zero attached hydrogens (tertiary/aromatic N) is 3. The van der Waals surface area contributed by atoms with Gasteiger partial charge >= 0.3 is 0 Å². The van der Waals surface area contributed by atoms with Crippen LogP contribution in [-0.2, 0) is 11.2 Å². The van der Waals surface area contributed by atoms with Crippen LogP contribution in [0.1, 0.15) is 38.7 Å². The Kier molecular flexibility index (Phi) is 6.19. The SMILES string of the molecule is C[C@H]1CCCN(c2nc(N3CCO[C@H](C)C3)cc(=O)[nH]2)[C@@H](Cc2ccccc2)C1. The fourth-order valence-corrected chi connectivity index (χ4v) is 4.62. The third-order valence-electron chi connectivity index (χ3n) is 6.08. The molecule has 3 atom stereocenters. The normalized spacial score (nSPS) is 25.7. The minimum absolute atomic E-state index is 0.0834. The number of rotatable bonds is 4. The van der Waals surface area contributed by atoms with Crippen molar-refractivity contribution in [1.29, 1.82) is 0 Å². The molecule has 156 valence electrons. The zero-order chi connectivity index (χ0) is 20.2. The highest BCUT2D eigenvalue weighted by Crippen LogP contribution is 2.28. The van der Waals surface area contributed by atoms with Gasteiger partial charge in [-0.05, 0) is 44.1 Å². The van der Waals surface area contributed by atoms with Gasteiger partial charge < -0.3 is 14.5 Å². The van der Waals surface area contributed by atoms with Gasteiger partial charge in [0, 0.05) is 31.7 Å². The second-order valence-corrected chi connectivity index (χ2v) is 8.57. The summed E-state index contributed by atoms with van der Waals surface area (Å²) in [5.74, 6) is 2.14. The highest BCUT2D eigenvalue weighted by molar-refractivity contribution is 5.45. The molecule has 0 aliphatic carbocycles. The summed E-state index contributed by atoms with van der Waals surface area (Å²) in [4.78, 5) is 25.0. The largest absolute Gasteiger partial charge is 0.375 e. The molecule has 4 rings (SSSR count). The summed E-state index contributed by atoms with van der Waals surface area (Å²) >= 11 is 0. The zero-order valence-corrected chi connectivity index (χ0v) is 17.5. The van der Waals surface area contributed by atoms with Crippen molar-refractivity contribution in [2.75, 3.05) is 36.0 Å². The smallest absolute Gasteiger partial charge is 0.254 e. The van der Waals surface area contributed by atoms with Crippen molar-refractivity contribution in [2.45, 2.75) is 51.7 Å². The van der Waals surface area contributed by atoms with Crippen LogP contribution >= 0.6 is 0 Å². The van der Waals surface area contributed by atoms with Crippen LogP contribution in [0.25, 0.3) is 0 Å². The van der Waals surface area contributed by atoms with E-state index in [-0.39, 0.29) is 11.7 Å². The number of hydrogen-bond acceptors (Lipinski definition) is 5.